The molecule has 236 valence electrons. The Morgan fingerprint density at radius 2 is 0.922 bits per heavy atom. The van der Waals surface area contributed by atoms with E-state index in [1.165, 1.54) is 6.07 Å². The molecule has 0 aliphatic carbocycles. The Labute approximate surface area is 320 Å². The van der Waals surface area contributed by atoms with E-state index < -0.39 is 48.3 Å². The van der Waals surface area contributed by atoms with Gasteiger partial charge in [0, 0.05) is 0 Å². The molecule has 0 atom stereocenters. The molecule has 0 spiro atoms. The van der Waals surface area contributed by atoms with E-state index in [-0.39, 0.29) is 137 Å². The molecule has 0 saturated carbocycles. The van der Waals surface area contributed by atoms with Crippen molar-refractivity contribution in [3.8, 4) is 33.4 Å². The Balaban J connectivity index is 1.21. The minimum Gasteiger partial charge on any atom is -0.0622 e. The molecule has 0 amide bonds. The van der Waals surface area contributed by atoms with Gasteiger partial charge in [0.15, 0.2) is 0 Å². The average Bonchev–Trinajstić information content (AvgIpc) is 3.33. The van der Waals surface area contributed by atoms with Crippen LogP contribution in [0.5, 0.6) is 0 Å². The van der Waals surface area contributed by atoms with Crippen molar-refractivity contribution in [2.24, 2.45) is 0 Å². The van der Waals surface area contributed by atoms with Gasteiger partial charge < -0.3 is 0 Å². The number of rotatable bonds is 5. The van der Waals surface area contributed by atoms with Gasteiger partial charge in [0.2, 0.25) is 0 Å². The minimum atomic E-state index is -0.560. The first kappa shape index (κ1) is 16.5. The molecule has 0 bridgehead atoms. The van der Waals surface area contributed by atoms with Crippen LogP contribution >= 0.6 is 0 Å². The number of benzene rings is 11. The third kappa shape index (κ3) is 4.33. The van der Waals surface area contributed by atoms with Gasteiger partial charge in [-0.05, 0) is 116 Å². The van der Waals surface area contributed by atoms with Crippen LogP contribution in [0.1, 0.15) is 34.4 Å². The first-order valence-electron chi connectivity index (χ1n) is 25.0. The number of hydrogen-bond donors (Lipinski definition) is 0. The summed E-state index contributed by atoms with van der Waals surface area (Å²) in [6, 6.07) is 16.4. The Kier molecular flexibility index (Phi) is 3.55. The molecule has 0 aliphatic heterocycles. The minimum absolute atomic E-state index is 0.0183. The predicted octanol–water partition coefficient (Wildman–Crippen LogP) is 14.1. The van der Waals surface area contributed by atoms with Crippen molar-refractivity contribution in [3.63, 3.8) is 0 Å². The maximum Gasteiger partial charge on any atom is 0.0630 e. The van der Waals surface area contributed by atoms with Gasteiger partial charge in [-0.3, -0.25) is 0 Å². The summed E-state index contributed by atoms with van der Waals surface area (Å²) < 4.78 is 154. The zero-order valence-electron chi connectivity index (χ0n) is 43.7. The lowest BCUT2D eigenvalue weighted by Crippen LogP contribution is -1.97. The molecular weight excluding hydrogens is 613 g/mol. The molecule has 11 aromatic rings. The molecule has 0 fully saturated rings. The lowest BCUT2D eigenvalue weighted by atomic mass is 9.85. The van der Waals surface area contributed by atoms with Crippen LogP contribution in [-0.4, -0.2) is 0 Å². The first-order chi connectivity index (χ1) is 32.4. The fourth-order valence-corrected chi connectivity index (χ4v) is 7.52. The van der Waals surface area contributed by atoms with Crippen LogP contribution in [-0.2, 0) is 6.42 Å². The van der Waals surface area contributed by atoms with Crippen LogP contribution in [0, 0.1) is 0 Å². The lowest BCUT2D eigenvalue weighted by Gasteiger charge is -2.19. The van der Waals surface area contributed by atoms with Crippen LogP contribution in [0.2, 0.25) is 0 Å². The Hall–Kier alpha value is -6.50. The zero-order chi connectivity index (χ0) is 48.3. The monoisotopic (exact) mass is 661 g/mol. The summed E-state index contributed by atoms with van der Waals surface area (Å²) >= 11 is 0. The summed E-state index contributed by atoms with van der Waals surface area (Å²) in [5.41, 5.74) is 3.83. The molecule has 0 aliphatic rings. The second-order valence-corrected chi connectivity index (χ2v) is 12.6. The van der Waals surface area contributed by atoms with E-state index in [0.29, 0.717) is 27.8 Å². The number of hydrogen-bond acceptors (Lipinski definition) is 0. The molecular formula is C51H32. The maximum atomic E-state index is 9.50. The van der Waals surface area contributed by atoms with Crippen LogP contribution in [0.15, 0.2) is 182 Å². The van der Waals surface area contributed by atoms with Crippen LogP contribution in [0.4, 0.5) is 0 Å². The molecule has 0 saturated heterocycles. The molecule has 11 rings (SSSR count). The summed E-state index contributed by atoms with van der Waals surface area (Å²) in [4.78, 5) is 0. The third-order valence-corrected chi connectivity index (χ3v) is 9.84. The molecule has 51 heavy (non-hydrogen) atoms. The van der Waals surface area contributed by atoms with E-state index in [2.05, 4.69) is 0 Å². The molecule has 0 radical (unpaired) electrons. The van der Waals surface area contributed by atoms with Crippen molar-refractivity contribution in [3.05, 3.63) is 193 Å². The van der Waals surface area contributed by atoms with Gasteiger partial charge in [0.05, 0.1) is 23.3 Å². The molecule has 0 heteroatoms. The second-order valence-electron chi connectivity index (χ2n) is 12.6. The van der Waals surface area contributed by atoms with Gasteiger partial charge in [-0.1, -0.05) is 182 Å². The smallest absolute Gasteiger partial charge is 0.0622 e. The topological polar surface area (TPSA) is 0 Å². The highest BCUT2D eigenvalue weighted by Crippen LogP contribution is 2.43. The van der Waals surface area contributed by atoms with Gasteiger partial charge >= 0.3 is 0 Å². The van der Waals surface area contributed by atoms with Crippen molar-refractivity contribution < 1.29 is 23.3 Å². The standard InChI is InChI=1S/C51H32/c1-2-8-32(9-3-1)42-26-25-39(30-41(42)31-40-21-20-37-18-16-33-10-6-12-35-22-27-44(40)50(37)48(33)35)43-14-4-5-15-45(43)46-28-23-38-19-17-34-11-7-13-36-24-29-47(46)51(38)49(34)36/h1-30H,31H2/i6D,7D,11D,12D,13D,16D,17D,18D,19D,20D,21D,22D,23D,24D,27D,28D,29D. The third-order valence-electron chi connectivity index (χ3n) is 9.84. The largest absolute Gasteiger partial charge is 0.0630 e. The SMILES string of the molecule is [2H]c1cc2c([2H])c([2H])c3c([2H])c([2H])c(Cc4cc(-c5ccccc5-c5c([2H])c([2H])c6c([2H])c([2H])c7c([2H])c([2H])c([2H])c8c([2H])c([2H])c5c6c78)ccc4-c4ccccc4)c4c([2H])c([2H])c(c1[2H])c2c34. The lowest BCUT2D eigenvalue weighted by molar-refractivity contribution is 1.22. The van der Waals surface area contributed by atoms with E-state index >= 15 is 0 Å². The van der Waals surface area contributed by atoms with Gasteiger partial charge in [-0.15, -0.1) is 0 Å². The van der Waals surface area contributed by atoms with Crippen LogP contribution < -0.4 is 0 Å². The fourth-order valence-electron chi connectivity index (χ4n) is 7.52. The van der Waals surface area contributed by atoms with Gasteiger partial charge in [-0.2, -0.15) is 0 Å². The summed E-state index contributed by atoms with van der Waals surface area (Å²) in [6.45, 7) is 0. The quantitative estimate of drug-likeness (QED) is 0.161. The molecule has 0 unspecified atom stereocenters. The Morgan fingerprint density at radius 1 is 0.333 bits per heavy atom. The maximum absolute atomic E-state index is 9.50. The summed E-state index contributed by atoms with van der Waals surface area (Å²) in [5, 5.41) is 0.273. The van der Waals surface area contributed by atoms with E-state index in [0.717, 1.165) is 5.56 Å². The summed E-state index contributed by atoms with van der Waals surface area (Å²) in [7, 11) is 0. The average molecular weight is 662 g/mol. The molecule has 0 nitrogen and oxygen atoms in total. The van der Waals surface area contributed by atoms with E-state index in [9.17, 15) is 9.60 Å². The van der Waals surface area contributed by atoms with Crippen molar-refractivity contribution in [1.29, 1.82) is 0 Å². The summed E-state index contributed by atoms with van der Waals surface area (Å²) in [6.07, 6.45) is -0.0775. The van der Waals surface area contributed by atoms with Crippen LogP contribution in [0.3, 0.4) is 0 Å². The predicted molar refractivity (Wildman–Crippen MR) is 219 cm³/mol. The fraction of sp³-hybridized carbons (Fsp3) is 0.0196. The Bertz CT molecular complexity index is 4050. The first-order valence-corrected chi connectivity index (χ1v) is 16.5. The van der Waals surface area contributed by atoms with E-state index in [1.807, 2.05) is 48.5 Å². The molecule has 11 aromatic carbocycles. The van der Waals surface area contributed by atoms with Gasteiger partial charge in [0.1, 0.15) is 0 Å². The van der Waals surface area contributed by atoms with Gasteiger partial charge in [-0.25, -0.2) is 0 Å². The second kappa shape index (κ2) is 11.0. The van der Waals surface area contributed by atoms with Crippen LogP contribution in [0.25, 0.3) is 98.0 Å². The van der Waals surface area contributed by atoms with Crippen molar-refractivity contribution >= 4 is 64.6 Å². The normalized spacial score (nSPS) is 16.7. The highest BCUT2D eigenvalue weighted by molar-refractivity contribution is 6.26. The molecule has 0 aromatic heterocycles. The highest BCUT2D eigenvalue weighted by atomic mass is 14.2. The van der Waals surface area contributed by atoms with Crippen molar-refractivity contribution in [1.82, 2.24) is 0 Å². The highest BCUT2D eigenvalue weighted by Gasteiger charge is 2.17. The van der Waals surface area contributed by atoms with E-state index in [4.69, 9.17) is 13.7 Å². The Morgan fingerprint density at radius 3 is 1.73 bits per heavy atom. The molecule has 0 heterocycles. The van der Waals surface area contributed by atoms with Gasteiger partial charge in [0.25, 0.3) is 0 Å². The van der Waals surface area contributed by atoms with Crippen molar-refractivity contribution in [2.45, 2.75) is 6.42 Å². The summed E-state index contributed by atoms with van der Waals surface area (Å²) in [5.74, 6) is 0. The zero-order valence-corrected chi connectivity index (χ0v) is 26.7. The van der Waals surface area contributed by atoms with Crippen molar-refractivity contribution in [2.75, 3.05) is 0 Å². The van der Waals surface area contributed by atoms with E-state index in [1.54, 1.807) is 24.3 Å². The molecule has 0 N–H and O–H groups in total.